The van der Waals surface area contributed by atoms with Crippen LogP contribution >= 0.6 is 24.0 Å². The van der Waals surface area contributed by atoms with Crippen LogP contribution in [0.1, 0.15) is 51.0 Å². The molecule has 1 atom stereocenters. The molecule has 1 heterocycles. The van der Waals surface area contributed by atoms with E-state index in [1.165, 1.54) is 31.5 Å². The molecule has 7 heteroatoms. The van der Waals surface area contributed by atoms with Crippen molar-refractivity contribution in [2.24, 2.45) is 4.99 Å². The smallest absolute Gasteiger partial charge is 0.191 e. The van der Waals surface area contributed by atoms with E-state index in [-0.39, 0.29) is 29.9 Å². The molecule has 1 saturated heterocycles. The molecule has 1 unspecified atom stereocenters. The summed E-state index contributed by atoms with van der Waals surface area (Å²) in [6.07, 6.45) is 4.74. The number of nitrogens with zero attached hydrogens (tertiary/aromatic N) is 2. The lowest BCUT2D eigenvalue weighted by molar-refractivity contribution is 0.203. The second-order valence-electron chi connectivity index (χ2n) is 7.14. The molecule has 1 aliphatic rings. The normalized spacial score (nSPS) is 17.3. The number of benzene rings is 1. The largest absolute Gasteiger partial charge is 0.356 e. The van der Waals surface area contributed by atoms with Crippen molar-refractivity contribution in [3.05, 3.63) is 35.4 Å². The summed E-state index contributed by atoms with van der Waals surface area (Å²) in [5, 5.41) is 6.79. The third-order valence-electron chi connectivity index (χ3n) is 5.07. The van der Waals surface area contributed by atoms with Crippen LogP contribution in [0.5, 0.6) is 0 Å². The number of guanidine groups is 1. The minimum atomic E-state index is -0.809. The van der Waals surface area contributed by atoms with Gasteiger partial charge in [-0.15, -0.1) is 24.0 Å². The van der Waals surface area contributed by atoms with Gasteiger partial charge in [-0.05, 0) is 49.4 Å². The minimum absolute atomic E-state index is 0. The van der Waals surface area contributed by atoms with E-state index in [9.17, 15) is 8.78 Å². The second-order valence-corrected chi connectivity index (χ2v) is 7.14. The van der Waals surface area contributed by atoms with Crippen LogP contribution in [-0.2, 0) is 0 Å². The molecule has 0 amide bonds. The molecule has 154 valence electrons. The Hall–Kier alpha value is -0.960. The molecule has 27 heavy (non-hydrogen) atoms. The SMILES string of the molecule is CCCCN1CCC(NC(=NC)NCC(C)c2ccc(F)c(F)c2)CC1.I. The zero-order valence-electron chi connectivity index (χ0n) is 16.6. The predicted octanol–water partition coefficient (Wildman–Crippen LogP) is 4.12. The first-order valence-electron chi connectivity index (χ1n) is 9.68. The van der Waals surface area contributed by atoms with E-state index in [0.717, 1.165) is 37.5 Å². The first-order valence-corrected chi connectivity index (χ1v) is 9.68. The van der Waals surface area contributed by atoms with Crippen LogP contribution in [0, 0.1) is 11.6 Å². The van der Waals surface area contributed by atoms with Gasteiger partial charge in [0.05, 0.1) is 0 Å². The van der Waals surface area contributed by atoms with E-state index in [4.69, 9.17) is 0 Å². The molecule has 1 fully saturated rings. The Morgan fingerprint density at radius 1 is 1.26 bits per heavy atom. The summed E-state index contributed by atoms with van der Waals surface area (Å²) in [6, 6.07) is 4.51. The Morgan fingerprint density at radius 3 is 2.56 bits per heavy atom. The number of rotatable bonds is 7. The van der Waals surface area contributed by atoms with Gasteiger partial charge in [0, 0.05) is 32.7 Å². The van der Waals surface area contributed by atoms with Crippen LogP contribution in [0.3, 0.4) is 0 Å². The summed E-state index contributed by atoms with van der Waals surface area (Å²) in [4.78, 5) is 6.83. The summed E-state index contributed by atoms with van der Waals surface area (Å²) < 4.78 is 26.5. The third kappa shape index (κ3) is 7.89. The van der Waals surface area contributed by atoms with Crippen molar-refractivity contribution in [2.45, 2.75) is 51.5 Å². The molecular formula is C20H33F2IN4. The Balaban J connectivity index is 0.00000364. The molecule has 0 aromatic heterocycles. The molecular weight excluding hydrogens is 461 g/mol. The van der Waals surface area contributed by atoms with Gasteiger partial charge in [0.1, 0.15) is 0 Å². The van der Waals surface area contributed by atoms with Crippen molar-refractivity contribution >= 4 is 29.9 Å². The Bertz CT molecular complexity index is 589. The van der Waals surface area contributed by atoms with Crippen LogP contribution in [0.4, 0.5) is 8.78 Å². The molecule has 1 aliphatic heterocycles. The quantitative estimate of drug-likeness (QED) is 0.341. The van der Waals surface area contributed by atoms with Crippen LogP contribution < -0.4 is 10.6 Å². The molecule has 2 N–H and O–H groups in total. The van der Waals surface area contributed by atoms with Gasteiger partial charge in [0.2, 0.25) is 0 Å². The van der Waals surface area contributed by atoms with Crippen LogP contribution in [0.2, 0.25) is 0 Å². The summed E-state index contributed by atoms with van der Waals surface area (Å²) in [7, 11) is 1.76. The standard InChI is InChI=1S/C20H32F2N4.HI/c1-4-5-10-26-11-8-17(9-12-26)25-20(23-3)24-14-15(2)16-6-7-18(21)19(22)13-16;/h6-7,13,15,17H,4-5,8-12,14H2,1-3H3,(H2,23,24,25);1H. The highest BCUT2D eigenvalue weighted by atomic mass is 127. The molecule has 0 spiro atoms. The van der Waals surface area contributed by atoms with Crippen LogP contribution in [0.25, 0.3) is 0 Å². The fourth-order valence-electron chi connectivity index (χ4n) is 3.26. The Morgan fingerprint density at radius 2 is 1.96 bits per heavy atom. The highest BCUT2D eigenvalue weighted by molar-refractivity contribution is 14.0. The van der Waals surface area contributed by atoms with E-state index in [2.05, 4.69) is 27.4 Å². The summed E-state index contributed by atoms with van der Waals surface area (Å²) in [5.74, 6) is -0.783. The molecule has 4 nitrogen and oxygen atoms in total. The number of likely N-dealkylation sites (tertiary alicyclic amines) is 1. The van der Waals surface area contributed by atoms with E-state index >= 15 is 0 Å². The maximum absolute atomic E-state index is 13.4. The van der Waals surface area contributed by atoms with Gasteiger partial charge in [-0.25, -0.2) is 8.78 Å². The minimum Gasteiger partial charge on any atom is -0.356 e. The van der Waals surface area contributed by atoms with Gasteiger partial charge < -0.3 is 15.5 Å². The lowest BCUT2D eigenvalue weighted by atomic mass is 10.0. The number of halogens is 3. The molecule has 0 bridgehead atoms. The van der Waals surface area contributed by atoms with Gasteiger partial charge in [-0.1, -0.05) is 26.3 Å². The molecule has 0 saturated carbocycles. The fraction of sp³-hybridized carbons (Fsp3) is 0.650. The molecule has 0 aliphatic carbocycles. The lowest BCUT2D eigenvalue weighted by Crippen LogP contribution is -2.49. The number of unbranched alkanes of at least 4 members (excludes halogenated alkanes) is 1. The zero-order valence-corrected chi connectivity index (χ0v) is 18.9. The van der Waals surface area contributed by atoms with Gasteiger partial charge in [0.25, 0.3) is 0 Å². The second kappa shape index (κ2) is 12.5. The number of nitrogens with one attached hydrogen (secondary N) is 2. The fourth-order valence-corrected chi connectivity index (χ4v) is 3.26. The Kier molecular flexibility index (Phi) is 11.1. The Labute approximate surface area is 179 Å². The lowest BCUT2D eigenvalue weighted by Gasteiger charge is -2.33. The first kappa shape index (κ1) is 24.1. The number of piperidine rings is 1. The number of hydrogen-bond donors (Lipinski definition) is 2. The van der Waals surface area contributed by atoms with E-state index in [0.29, 0.717) is 12.6 Å². The number of aliphatic imine (C=N–C) groups is 1. The molecule has 2 rings (SSSR count). The highest BCUT2D eigenvalue weighted by Crippen LogP contribution is 2.17. The van der Waals surface area contributed by atoms with Crippen molar-refractivity contribution in [2.75, 3.05) is 33.2 Å². The maximum atomic E-state index is 13.4. The zero-order chi connectivity index (χ0) is 18.9. The number of hydrogen-bond acceptors (Lipinski definition) is 2. The average Bonchev–Trinajstić information content (AvgIpc) is 2.66. The summed E-state index contributed by atoms with van der Waals surface area (Å²) in [5.41, 5.74) is 0.774. The topological polar surface area (TPSA) is 39.7 Å². The first-order chi connectivity index (χ1) is 12.5. The van der Waals surface area contributed by atoms with Crippen molar-refractivity contribution in [1.82, 2.24) is 15.5 Å². The van der Waals surface area contributed by atoms with Crippen molar-refractivity contribution in [3.63, 3.8) is 0 Å². The van der Waals surface area contributed by atoms with Gasteiger partial charge in [0.15, 0.2) is 17.6 Å². The summed E-state index contributed by atoms with van der Waals surface area (Å²) >= 11 is 0. The van der Waals surface area contributed by atoms with Gasteiger partial charge in [-0.2, -0.15) is 0 Å². The third-order valence-corrected chi connectivity index (χ3v) is 5.07. The van der Waals surface area contributed by atoms with Gasteiger partial charge in [-0.3, -0.25) is 4.99 Å². The maximum Gasteiger partial charge on any atom is 0.191 e. The van der Waals surface area contributed by atoms with Crippen molar-refractivity contribution in [1.29, 1.82) is 0 Å². The monoisotopic (exact) mass is 494 g/mol. The van der Waals surface area contributed by atoms with Crippen LogP contribution in [-0.4, -0.2) is 50.1 Å². The van der Waals surface area contributed by atoms with Crippen molar-refractivity contribution in [3.8, 4) is 0 Å². The van der Waals surface area contributed by atoms with Crippen LogP contribution in [0.15, 0.2) is 23.2 Å². The molecule has 1 aromatic carbocycles. The highest BCUT2D eigenvalue weighted by Gasteiger charge is 2.19. The molecule has 1 aromatic rings. The van der Waals surface area contributed by atoms with E-state index in [1.807, 2.05) is 6.92 Å². The predicted molar refractivity (Wildman–Crippen MR) is 119 cm³/mol. The average molecular weight is 494 g/mol. The van der Waals surface area contributed by atoms with Crippen molar-refractivity contribution < 1.29 is 8.78 Å². The van der Waals surface area contributed by atoms with Gasteiger partial charge >= 0.3 is 0 Å². The van der Waals surface area contributed by atoms with E-state index in [1.54, 1.807) is 13.1 Å². The summed E-state index contributed by atoms with van der Waals surface area (Å²) in [6.45, 7) is 8.27. The van der Waals surface area contributed by atoms with E-state index < -0.39 is 11.6 Å². The molecule has 0 radical (unpaired) electrons.